The van der Waals surface area contributed by atoms with Crippen LogP contribution in [0.3, 0.4) is 0 Å². The number of hydrazone groups is 1. The van der Waals surface area contributed by atoms with Gasteiger partial charge in [-0.2, -0.15) is 5.10 Å². The van der Waals surface area contributed by atoms with Gasteiger partial charge < -0.3 is 5.11 Å². The normalized spacial score (nSPS) is 10.5. The Morgan fingerprint density at radius 3 is 2.45 bits per heavy atom. The highest BCUT2D eigenvalue weighted by molar-refractivity contribution is 5.85. The van der Waals surface area contributed by atoms with Crippen molar-refractivity contribution < 1.29 is 15.0 Å². The van der Waals surface area contributed by atoms with Gasteiger partial charge in [-0.3, -0.25) is 25.7 Å². The molecule has 0 spiro atoms. The number of rotatable bonds is 5. The quantitative estimate of drug-likeness (QED) is 0.510. The molecule has 0 unspecified atom stereocenters. The van der Waals surface area contributed by atoms with Crippen LogP contribution in [0.25, 0.3) is 0 Å². The first-order valence-corrected chi connectivity index (χ1v) is 5.97. The monoisotopic (exact) mass is 301 g/mol. The highest BCUT2D eigenvalue weighted by atomic mass is 16.6. The summed E-state index contributed by atoms with van der Waals surface area (Å²) in [5.41, 5.74) is 2.16. The molecule has 2 rings (SSSR count). The van der Waals surface area contributed by atoms with E-state index in [1.807, 2.05) is 0 Å². The molecule has 0 aliphatic heterocycles. The summed E-state index contributed by atoms with van der Waals surface area (Å²) in [5, 5.41) is 36.7. The number of non-ortho nitro benzene ring substituents is 1. The molecule has 9 heteroatoms. The molecule has 0 bridgehead atoms. The van der Waals surface area contributed by atoms with E-state index in [1.54, 1.807) is 6.07 Å². The largest absolute Gasteiger partial charge is 0.872 e. The van der Waals surface area contributed by atoms with E-state index in [1.165, 1.54) is 18.2 Å². The lowest BCUT2D eigenvalue weighted by Gasteiger charge is -2.08. The predicted octanol–water partition coefficient (Wildman–Crippen LogP) is 2.02. The van der Waals surface area contributed by atoms with Crippen LogP contribution < -0.4 is 10.5 Å². The van der Waals surface area contributed by atoms with Gasteiger partial charge in [-0.05, 0) is 11.6 Å². The van der Waals surface area contributed by atoms with Crippen molar-refractivity contribution in [1.29, 1.82) is 0 Å². The summed E-state index contributed by atoms with van der Waals surface area (Å²) >= 11 is 0. The molecule has 0 saturated heterocycles. The predicted molar refractivity (Wildman–Crippen MR) is 76.9 cm³/mol. The second kappa shape index (κ2) is 6.31. The number of hydrogen-bond acceptors (Lipinski definition) is 7. The van der Waals surface area contributed by atoms with Crippen molar-refractivity contribution in [3.63, 3.8) is 0 Å². The molecule has 0 heterocycles. The molecular formula is C13H9N4O5-. The Kier molecular flexibility index (Phi) is 4.27. The number of anilines is 1. The minimum atomic E-state index is -0.633. The fourth-order valence-electron chi connectivity index (χ4n) is 1.65. The third kappa shape index (κ3) is 3.33. The van der Waals surface area contributed by atoms with E-state index in [4.69, 9.17) is 0 Å². The van der Waals surface area contributed by atoms with Gasteiger partial charge in [0.25, 0.3) is 11.4 Å². The minimum absolute atomic E-state index is 0.000263. The van der Waals surface area contributed by atoms with E-state index in [-0.39, 0.29) is 22.6 Å². The number of nitro benzene ring substituents is 2. The Morgan fingerprint density at radius 1 is 1.05 bits per heavy atom. The van der Waals surface area contributed by atoms with E-state index in [0.29, 0.717) is 0 Å². The van der Waals surface area contributed by atoms with Crippen molar-refractivity contribution >= 4 is 23.3 Å². The van der Waals surface area contributed by atoms with E-state index in [9.17, 15) is 25.3 Å². The molecule has 0 radical (unpaired) electrons. The highest BCUT2D eigenvalue weighted by Crippen LogP contribution is 2.23. The number of hydrogen-bond donors (Lipinski definition) is 1. The first-order valence-electron chi connectivity index (χ1n) is 5.97. The molecule has 0 fully saturated rings. The number of para-hydroxylation sites is 2. The second-order valence-electron chi connectivity index (χ2n) is 4.12. The van der Waals surface area contributed by atoms with Crippen LogP contribution in [0.2, 0.25) is 0 Å². The Morgan fingerprint density at radius 2 is 1.77 bits per heavy atom. The fraction of sp³-hybridized carbons (Fsp3) is 0. The summed E-state index contributed by atoms with van der Waals surface area (Å²) in [5.74, 6) is -0.446. The number of nitrogens with zero attached hydrogens (tertiary/aromatic N) is 3. The smallest absolute Gasteiger partial charge is 0.294 e. The van der Waals surface area contributed by atoms with E-state index in [0.717, 1.165) is 24.4 Å². The summed E-state index contributed by atoms with van der Waals surface area (Å²) in [6, 6.07) is 9.05. The zero-order valence-electron chi connectivity index (χ0n) is 11.0. The van der Waals surface area contributed by atoms with Crippen LogP contribution in [0.5, 0.6) is 5.75 Å². The minimum Gasteiger partial charge on any atom is -0.872 e. The van der Waals surface area contributed by atoms with Gasteiger partial charge in [0.05, 0.1) is 16.1 Å². The molecule has 0 aromatic heterocycles. The summed E-state index contributed by atoms with van der Waals surface area (Å²) < 4.78 is 0. The number of benzene rings is 2. The Labute approximate surface area is 123 Å². The molecule has 0 atom stereocenters. The molecule has 2 aromatic rings. The third-order valence-corrected chi connectivity index (χ3v) is 2.69. The fourth-order valence-corrected chi connectivity index (χ4v) is 1.65. The summed E-state index contributed by atoms with van der Waals surface area (Å²) in [4.78, 5) is 20.3. The van der Waals surface area contributed by atoms with Gasteiger partial charge >= 0.3 is 0 Å². The van der Waals surface area contributed by atoms with Crippen LogP contribution in [0.4, 0.5) is 17.1 Å². The van der Waals surface area contributed by atoms with Crippen molar-refractivity contribution in [2.45, 2.75) is 0 Å². The van der Waals surface area contributed by atoms with Crippen LogP contribution in [-0.2, 0) is 0 Å². The summed E-state index contributed by atoms with van der Waals surface area (Å²) in [7, 11) is 0. The molecule has 0 aliphatic carbocycles. The Balaban J connectivity index is 2.22. The maximum Gasteiger partial charge on any atom is 0.294 e. The van der Waals surface area contributed by atoms with Crippen LogP contribution in [0, 0.1) is 20.2 Å². The molecule has 22 heavy (non-hydrogen) atoms. The van der Waals surface area contributed by atoms with Gasteiger partial charge in [0.1, 0.15) is 5.69 Å². The first-order chi connectivity index (χ1) is 10.5. The highest BCUT2D eigenvalue weighted by Gasteiger charge is 2.11. The van der Waals surface area contributed by atoms with Crippen LogP contribution in [0.1, 0.15) is 5.56 Å². The van der Waals surface area contributed by atoms with Crippen molar-refractivity contribution in [3.8, 4) is 5.75 Å². The van der Waals surface area contributed by atoms with Gasteiger partial charge in [0, 0.05) is 18.2 Å². The molecule has 112 valence electrons. The zero-order valence-corrected chi connectivity index (χ0v) is 11.0. The van der Waals surface area contributed by atoms with E-state index in [2.05, 4.69) is 10.5 Å². The zero-order chi connectivity index (χ0) is 16.1. The Bertz CT molecular complexity index is 760. The van der Waals surface area contributed by atoms with Gasteiger partial charge in [-0.25, -0.2) is 0 Å². The van der Waals surface area contributed by atoms with Crippen molar-refractivity contribution in [1.82, 2.24) is 0 Å². The van der Waals surface area contributed by atoms with Gasteiger partial charge in [0.15, 0.2) is 0 Å². The lowest BCUT2D eigenvalue weighted by molar-refractivity contribution is -0.385. The molecule has 9 nitrogen and oxygen atoms in total. The van der Waals surface area contributed by atoms with Gasteiger partial charge in [-0.1, -0.05) is 23.9 Å². The molecule has 0 amide bonds. The average molecular weight is 301 g/mol. The molecule has 2 aromatic carbocycles. The second-order valence-corrected chi connectivity index (χ2v) is 4.12. The lowest BCUT2D eigenvalue weighted by Crippen LogP contribution is -2.00. The van der Waals surface area contributed by atoms with Crippen LogP contribution >= 0.6 is 0 Å². The van der Waals surface area contributed by atoms with Crippen molar-refractivity contribution in [2.24, 2.45) is 5.10 Å². The molecule has 0 aliphatic rings. The number of nitro groups is 2. The van der Waals surface area contributed by atoms with Crippen LogP contribution in [0.15, 0.2) is 47.6 Å². The van der Waals surface area contributed by atoms with Crippen molar-refractivity contribution in [3.05, 3.63) is 68.3 Å². The lowest BCUT2D eigenvalue weighted by atomic mass is 10.2. The molecular weight excluding hydrogens is 292 g/mol. The topological polar surface area (TPSA) is 134 Å². The van der Waals surface area contributed by atoms with Crippen LogP contribution in [-0.4, -0.2) is 16.1 Å². The standard InChI is InChI=1S/C13H10N4O5/c18-13-6-5-10(16(19)20)7-9(13)8-14-15-11-3-1-2-4-12(11)17(21)22/h1-8,15,18H/p-1/b14-8-. The van der Waals surface area contributed by atoms with Crippen molar-refractivity contribution in [2.75, 3.05) is 5.43 Å². The maximum absolute atomic E-state index is 11.6. The SMILES string of the molecule is O=[N+]([O-])c1ccc([O-])c(/C=N\Nc2ccccc2[N+](=O)[O-])c1. The van der Waals surface area contributed by atoms with E-state index >= 15 is 0 Å². The Hall–Kier alpha value is -3.49. The molecule has 1 N–H and O–H groups in total. The summed E-state index contributed by atoms with van der Waals surface area (Å²) in [6.07, 6.45) is 1.08. The maximum atomic E-state index is 11.6. The van der Waals surface area contributed by atoms with Gasteiger partial charge in [0.2, 0.25) is 0 Å². The van der Waals surface area contributed by atoms with E-state index < -0.39 is 15.6 Å². The third-order valence-electron chi connectivity index (χ3n) is 2.69. The number of nitrogens with one attached hydrogen (secondary N) is 1. The van der Waals surface area contributed by atoms with Gasteiger partial charge in [-0.15, -0.1) is 0 Å². The first kappa shape index (κ1) is 14.9. The summed E-state index contributed by atoms with van der Waals surface area (Å²) in [6.45, 7) is 0. The molecule has 0 saturated carbocycles. The average Bonchev–Trinajstić information content (AvgIpc) is 2.49.